The number of carbonyl (C=O) groups excluding carboxylic acids is 1. The van der Waals surface area contributed by atoms with Gasteiger partial charge in [-0.25, -0.2) is 0 Å². The van der Waals surface area contributed by atoms with Gasteiger partial charge in [0.2, 0.25) is 5.91 Å². The summed E-state index contributed by atoms with van der Waals surface area (Å²) in [5.74, 6) is -0.824. The fourth-order valence-corrected chi connectivity index (χ4v) is 3.93. The van der Waals surface area contributed by atoms with Crippen LogP contribution in [0.4, 0.5) is 0 Å². The molecule has 2 unspecified atom stereocenters. The number of carboxylic acid groups (broad SMARTS) is 1. The third kappa shape index (κ3) is 1.42. The van der Waals surface area contributed by atoms with Crippen molar-refractivity contribution >= 4 is 11.9 Å². The van der Waals surface area contributed by atoms with Crippen LogP contribution in [0.1, 0.15) is 33.1 Å². The first kappa shape index (κ1) is 11.1. The summed E-state index contributed by atoms with van der Waals surface area (Å²) in [6, 6.07) is 0.401. The summed E-state index contributed by atoms with van der Waals surface area (Å²) in [6.45, 7) is 4.65. The molecule has 0 aromatic rings. The topological polar surface area (TPSA) is 57.6 Å². The summed E-state index contributed by atoms with van der Waals surface area (Å²) >= 11 is 0. The number of carbonyl (C=O) groups is 2. The first-order valence-electron chi connectivity index (χ1n) is 6.46. The SMILES string of the molecule is CC1(C)[C@H](C(=O)O)[C@@H]1C(=O)N1CC2CCC1C2. The van der Waals surface area contributed by atoms with Crippen LogP contribution in [0.15, 0.2) is 0 Å². The lowest BCUT2D eigenvalue weighted by Gasteiger charge is -2.27. The summed E-state index contributed by atoms with van der Waals surface area (Å²) in [4.78, 5) is 25.4. The van der Waals surface area contributed by atoms with Crippen molar-refractivity contribution in [2.24, 2.45) is 23.2 Å². The first-order chi connectivity index (χ1) is 7.93. The van der Waals surface area contributed by atoms with Crippen molar-refractivity contribution in [3.05, 3.63) is 0 Å². The molecule has 4 atom stereocenters. The lowest BCUT2D eigenvalue weighted by molar-refractivity contribution is -0.142. The fourth-order valence-electron chi connectivity index (χ4n) is 3.93. The predicted molar refractivity (Wildman–Crippen MR) is 61.2 cm³/mol. The maximum absolute atomic E-state index is 12.4. The minimum absolute atomic E-state index is 0.0922. The van der Waals surface area contributed by atoms with Gasteiger partial charge in [-0.1, -0.05) is 13.8 Å². The van der Waals surface area contributed by atoms with E-state index in [9.17, 15) is 9.59 Å². The number of hydrogen-bond acceptors (Lipinski definition) is 2. The van der Waals surface area contributed by atoms with Crippen LogP contribution in [0.5, 0.6) is 0 Å². The van der Waals surface area contributed by atoms with Gasteiger partial charge in [-0.15, -0.1) is 0 Å². The highest BCUT2D eigenvalue weighted by atomic mass is 16.4. The van der Waals surface area contributed by atoms with E-state index in [4.69, 9.17) is 5.11 Å². The summed E-state index contributed by atoms with van der Waals surface area (Å²) < 4.78 is 0. The highest BCUT2D eigenvalue weighted by Gasteiger charge is 2.67. The zero-order valence-electron chi connectivity index (χ0n) is 10.3. The largest absolute Gasteiger partial charge is 0.481 e. The number of nitrogens with zero attached hydrogens (tertiary/aromatic N) is 1. The summed E-state index contributed by atoms with van der Waals surface area (Å²) in [6.07, 6.45) is 3.49. The van der Waals surface area contributed by atoms with E-state index in [-0.39, 0.29) is 17.2 Å². The number of aliphatic carboxylic acids is 1. The smallest absolute Gasteiger partial charge is 0.307 e. The molecule has 4 nitrogen and oxygen atoms in total. The Bertz CT molecular complexity index is 390. The van der Waals surface area contributed by atoms with Crippen LogP contribution in [0.25, 0.3) is 0 Å². The van der Waals surface area contributed by atoms with Gasteiger partial charge < -0.3 is 10.0 Å². The molecule has 1 saturated heterocycles. The van der Waals surface area contributed by atoms with Gasteiger partial charge in [0.05, 0.1) is 11.8 Å². The van der Waals surface area contributed by atoms with Crippen LogP contribution >= 0.6 is 0 Å². The molecular formula is C13H19NO3. The monoisotopic (exact) mass is 237 g/mol. The average molecular weight is 237 g/mol. The van der Waals surface area contributed by atoms with E-state index < -0.39 is 11.9 Å². The van der Waals surface area contributed by atoms with Crippen LogP contribution in [-0.2, 0) is 9.59 Å². The molecule has 3 aliphatic rings. The molecule has 0 spiro atoms. The van der Waals surface area contributed by atoms with Gasteiger partial charge in [-0.05, 0) is 30.6 Å². The highest BCUT2D eigenvalue weighted by molar-refractivity contribution is 5.92. The maximum Gasteiger partial charge on any atom is 0.307 e. The highest BCUT2D eigenvalue weighted by Crippen LogP contribution is 2.59. The van der Waals surface area contributed by atoms with E-state index in [0.717, 1.165) is 19.4 Å². The Morgan fingerprint density at radius 2 is 1.94 bits per heavy atom. The van der Waals surface area contributed by atoms with Gasteiger partial charge >= 0.3 is 5.97 Å². The number of fused-ring (bicyclic) bond motifs is 2. The Hall–Kier alpha value is -1.06. The zero-order chi connectivity index (χ0) is 12.4. The number of hydrogen-bond donors (Lipinski definition) is 1. The van der Waals surface area contributed by atoms with E-state index in [2.05, 4.69) is 0 Å². The maximum atomic E-state index is 12.4. The Labute approximate surface area is 101 Å². The molecule has 3 rings (SSSR count). The summed E-state index contributed by atoms with van der Waals surface area (Å²) in [5.41, 5.74) is -0.356. The van der Waals surface area contributed by atoms with E-state index in [1.54, 1.807) is 0 Å². The number of carboxylic acids is 1. The molecule has 1 heterocycles. The van der Waals surface area contributed by atoms with Gasteiger partial charge in [0, 0.05) is 12.6 Å². The second kappa shape index (κ2) is 3.24. The van der Waals surface area contributed by atoms with Crippen LogP contribution < -0.4 is 0 Å². The first-order valence-corrected chi connectivity index (χ1v) is 6.46. The van der Waals surface area contributed by atoms with Crippen molar-refractivity contribution in [2.45, 2.75) is 39.2 Å². The zero-order valence-corrected chi connectivity index (χ0v) is 10.3. The second-order valence-electron chi connectivity index (χ2n) is 6.44. The van der Waals surface area contributed by atoms with Crippen molar-refractivity contribution in [3.63, 3.8) is 0 Å². The van der Waals surface area contributed by atoms with Gasteiger partial charge in [0.15, 0.2) is 0 Å². The van der Waals surface area contributed by atoms with Crippen LogP contribution in [-0.4, -0.2) is 34.5 Å². The Kier molecular flexibility index (Phi) is 2.11. The molecule has 0 radical (unpaired) electrons. The molecule has 2 bridgehead atoms. The molecule has 0 aromatic heterocycles. The van der Waals surface area contributed by atoms with Gasteiger partial charge in [0.25, 0.3) is 0 Å². The van der Waals surface area contributed by atoms with E-state index in [0.29, 0.717) is 12.0 Å². The lowest BCUT2D eigenvalue weighted by Crippen LogP contribution is -2.39. The third-order valence-electron chi connectivity index (χ3n) is 5.05. The number of likely N-dealkylation sites (tertiary alicyclic amines) is 1. The molecule has 1 N–H and O–H groups in total. The standard InChI is InChI=1S/C13H19NO3/c1-13(2)9(10(13)12(16)17)11(15)14-6-7-3-4-8(14)5-7/h7-10H,3-6H2,1-2H3,(H,16,17)/t7?,8?,9-,10+/m1/s1. The van der Waals surface area contributed by atoms with Crippen molar-refractivity contribution < 1.29 is 14.7 Å². The van der Waals surface area contributed by atoms with Gasteiger partial charge in [-0.2, -0.15) is 0 Å². The number of rotatable bonds is 2. The molecule has 17 heavy (non-hydrogen) atoms. The third-order valence-corrected chi connectivity index (χ3v) is 5.05. The summed E-state index contributed by atoms with van der Waals surface area (Å²) in [7, 11) is 0. The van der Waals surface area contributed by atoms with Crippen LogP contribution in [0, 0.1) is 23.2 Å². The minimum atomic E-state index is -0.822. The van der Waals surface area contributed by atoms with Crippen molar-refractivity contribution in [1.82, 2.24) is 4.90 Å². The Balaban J connectivity index is 1.74. The quantitative estimate of drug-likeness (QED) is 0.788. The number of amides is 1. The van der Waals surface area contributed by atoms with Crippen LogP contribution in [0.2, 0.25) is 0 Å². The van der Waals surface area contributed by atoms with Gasteiger partial charge in [-0.3, -0.25) is 9.59 Å². The van der Waals surface area contributed by atoms with E-state index in [1.807, 2.05) is 18.7 Å². The van der Waals surface area contributed by atoms with Gasteiger partial charge in [0.1, 0.15) is 0 Å². The molecule has 3 fully saturated rings. The second-order valence-corrected chi connectivity index (χ2v) is 6.44. The molecular weight excluding hydrogens is 218 g/mol. The normalized spacial score (nSPS) is 41.6. The average Bonchev–Trinajstić information content (AvgIpc) is 2.67. The minimum Gasteiger partial charge on any atom is -0.481 e. The summed E-state index contributed by atoms with van der Waals surface area (Å²) in [5, 5.41) is 9.11. The lowest BCUT2D eigenvalue weighted by atomic mass is 10.1. The van der Waals surface area contributed by atoms with Crippen molar-refractivity contribution in [3.8, 4) is 0 Å². The molecule has 2 saturated carbocycles. The Morgan fingerprint density at radius 3 is 2.35 bits per heavy atom. The molecule has 94 valence electrons. The molecule has 4 heteroatoms. The molecule has 1 amide bonds. The van der Waals surface area contributed by atoms with E-state index >= 15 is 0 Å². The molecule has 0 aromatic carbocycles. The van der Waals surface area contributed by atoms with E-state index in [1.165, 1.54) is 6.42 Å². The fraction of sp³-hybridized carbons (Fsp3) is 0.846. The number of piperidine rings is 1. The Morgan fingerprint density at radius 1 is 1.24 bits per heavy atom. The predicted octanol–water partition coefficient (Wildman–Crippen LogP) is 1.35. The molecule has 2 aliphatic carbocycles. The van der Waals surface area contributed by atoms with Crippen LogP contribution in [0.3, 0.4) is 0 Å². The van der Waals surface area contributed by atoms with Crippen molar-refractivity contribution in [1.29, 1.82) is 0 Å². The molecule has 1 aliphatic heterocycles. The van der Waals surface area contributed by atoms with Crippen molar-refractivity contribution in [2.75, 3.05) is 6.54 Å².